The molecule has 1 fully saturated rings. The van der Waals surface area contributed by atoms with E-state index in [-0.39, 0.29) is 0 Å². The fourth-order valence-corrected chi connectivity index (χ4v) is 3.10. The van der Waals surface area contributed by atoms with E-state index in [1.807, 2.05) is 19.1 Å². The van der Waals surface area contributed by atoms with Gasteiger partial charge >= 0.3 is 0 Å². The van der Waals surface area contributed by atoms with Crippen molar-refractivity contribution in [2.45, 2.75) is 32.7 Å². The van der Waals surface area contributed by atoms with Crippen LogP contribution in [0.1, 0.15) is 38.3 Å². The fraction of sp³-hybridized carbons (Fsp3) is 0.625. The molecule has 1 aromatic carbocycles. The average Bonchev–Trinajstić information content (AvgIpc) is 2.72. The van der Waals surface area contributed by atoms with Gasteiger partial charge < -0.3 is 10.1 Å². The van der Waals surface area contributed by atoms with E-state index < -0.39 is 0 Å². The van der Waals surface area contributed by atoms with Crippen molar-refractivity contribution in [1.29, 1.82) is 0 Å². The molecule has 20 heavy (non-hydrogen) atoms. The van der Waals surface area contributed by atoms with Gasteiger partial charge in [-0.05, 0) is 44.5 Å². The molecule has 4 heteroatoms. The first-order valence-electron chi connectivity index (χ1n) is 7.63. The van der Waals surface area contributed by atoms with E-state index in [2.05, 4.69) is 23.2 Å². The SMILES string of the molecule is CCOc1ccc(Cl)cc1C(CC)N1CCCNCC1. The molecule has 0 spiro atoms. The molecule has 0 amide bonds. The molecule has 1 saturated heterocycles. The second kappa shape index (κ2) is 7.87. The minimum atomic E-state index is 0.384. The van der Waals surface area contributed by atoms with Crippen molar-refractivity contribution in [3.8, 4) is 5.75 Å². The van der Waals surface area contributed by atoms with Gasteiger partial charge in [-0.15, -0.1) is 0 Å². The predicted octanol–water partition coefficient (Wildman–Crippen LogP) is 3.49. The standard InChI is InChI=1S/C16H25ClN2O/c1-3-15(19-10-5-8-18-9-11-19)14-12-13(17)6-7-16(14)20-4-2/h6-7,12,15,18H,3-5,8-11H2,1-2H3. The zero-order valence-electron chi connectivity index (χ0n) is 12.5. The van der Waals surface area contributed by atoms with Crippen molar-refractivity contribution in [1.82, 2.24) is 10.2 Å². The van der Waals surface area contributed by atoms with E-state index >= 15 is 0 Å². The third-order valence-corrected chi connectivity index (χ3v) is 4.07. The largest absolute Gasteiger partial charge is 0.494 e. The number of benzene rings is 1. The van der Waals surface area contributed by atoms with Crippen LogP contribution in [-0.4, -0.2) is 37.7 Å². The number of hydrogen-bond donors (Lipinski definition) is 1. The van der Waals surface area contributed by atoms with Crippen molar-refractivity contribution in [2.24, 2.45) is 0 Å². The molecule has 1 unspecified atom stereocenters. The Kier molecular flexibility index (Phi) is 6.14. The van der Waals surface area contributed by atoms with Gasteiger partial charge in [-0.2, -0.15) is 0 Å². The fourth-order valence-electron chi connectivity index (χ4n) is 2.92. The quantitative estimate of drug-likeness (QED) is 0.900. The number of ether oxygens (including phenoxy) is 1. The molecule has 1 aliphatic heterocycles. The average molecular weight is 297 g/mol. The summed E-state index contributed by atoms with van der Waals surface area (Å²) in [5, 5.41) is 4.25. The number of nitrogens with one attached hydrogen (secondary N) is 1. The summed E-state index contributed by atoms with van der Waals surface area (Å²) in [6, 6.07) is 6.36. The van der Waals surface area contributed by atoms with Crippen molar-refractivity contribution < 1.29 is 4.74 Å². The number of halogens is 1. The Hall–Kier alpha value is -0.770. The molecular formula is C16H25ClN2O. The highest BCUT2D eigenvalue weighted by molar-refractivity contribution is 6.30. The Labute approximate surface area is 127 Å². The van der Waals surface area contributed by atoms with Crippen molar-refractivity contribution in [3.63, 3.8) is 0 Å². The lowest BCUT2D eigenvalue weighted by Crippen LogP contribution is -2.32. The van der Waals surface area contributed by atoms with E-state index in [9.17, 15) is 0 Å². The van der Waals surface area contributed by atoms with Crippen LogP contribution >= 0.6 is 11.6 Å². The summed E-state index contributed by atoms with van der Waals surface area (Å²) in [5.74, 6) is 0.973. The molecule has 0 saturated carbocycles. The summed E-state index contributed by atoms with van der Waals surface area (Å²) in [6.07, 6.45) is 2.27. The van der Waals surface area contributed by atoms with Crippen molar-refractivity contribution in [2.75, 3.05) is 32.8 Å². The lowest BCUT2D eigenvalue weighted by atomic mass is 10.0. The van der Waals surface area contributed by atoms with Crippen LogP contribution in [0.4, 0.5) is 0 Å². The van der Waals surface area contributed by atoms with Crippen LogP contribution in [0, 0.1) is 0 Å². The van der Waals surface area contributed by atoms with Gasteiger partial charge in [-0.25, -0.2) is 0 Å². The zero-order valence-corrected chi connectivity index (χ0v) is 13.2. The van der Waals surface area contributed by atoms with E-state index in [1.54, 1.807) is 0 Å². The maximum Gasteiger partial charge on any atom is 0.124 e. The summed E-state index contributed by atoms with van der Waals surface area (Å²) < 4.78 is 5.80. The highest BCUT2D eigenvalue weighted by atomic mass is 35.5. The molecule has 3 nitrogen and oxygen atoms in total. The minimum absolute atomic E-state index is 0.384. The first-order valence-corrected chi connectivity index (χ1v) is 8.01. The van der Waals surface area contributed by atoms with E-state index in [1.165, 1.54) is 12.0 Å². The molecule has 1 atom stereocenters. The molecule has 1 heterocycles. The maximum atomic E-state index is 6.20. The van der Waals surface area contributed by atoms with Crippen molar-refractivity contribution >= 4 is 11.6 Å². The van der Waals surface area contributed by atoms with E-state index in [0.717, 1.165) is 43.4 Å². The van der Waals surface area contributed by atoms with Crippen LogP contribution in [0.5, 0.6) is 5.75 Å². The van der Waals surface area contributed by atoms with Gasteiger partial charge in [-0.3, -0.25) is 4.90 Å². The molecule has 0 aromatic heterocycles. The number of nitrogens with zero attached hydrogens (tertiary/aromatic N) is 1. The molecule has 1 aliphatic rings. The van der Waals surface area contributed by atoms with Gasteiger partial charge in [0.1, 0.15) is 5.75 Å². The Morgan fingerprint density at radius 1 is 1.30 bits per heavy atom. The Balaban J connectivity index is 2.26. The van der Waals surface area contributed by atoms with Crippen LogP contribution < -0.4 is 10.1 Å². The van der Waals surface area contributed by atoms with Crippen LogP contribution in [-0.2, 0) is 0 Å². The summed E-state index contributed by atoms with van der Waals surface area (Å²) in [4.78, 5) is 2.55. The number of hydrogen-bond acceptors (Lipinski definition) is 3. The first-order chi connectivity index (χ1) is 9.76. The Bertz CT molecular complexity index is 417. The molecule has 2 rings (SSSR count). The monoisotopic (exact) mass is 296 g/mol. The second-order valence-corrected chi connectivity index (χ2v) is 5.62. The van der Waals surface area contributed by atoms with Gasteiger partial charge in [-0.1, -0.05) is 18.5 Å². The molecular weight excluding hydrogens is 272 g/mol. The summed E-state index contributed by atoms with van der Waals surface area (Å²) >= 11 is 6.20. The molecule has 112 valence electrons. The van der Waals surface area contributed by atoms with Gasteiger partial charge in [0.05, 0.1) is 6.61 Å². The van der Waals surface area contributed by atoms with Crippen LogP contribution in [0.15, 0.2) is 18.2 Å². The third kappa shape index (κ3) is 3.87. The zero-order chi connectivity index (χ0) is 14.4. The van der Waals surface area contributed by atoms with Gasteiger partial charge in [0.15, 0.2) is 0 Å². The summed E-state index contributed by atoms with van der Waals surface area (Å²) in [6.45, 7) is 9.32. The normalized spacial score (nSPS) is 18.6. The highest BCUT2D eigenvalue weighted by Gasteiger charge is 2.23. The third-order valence-electron chi connectivity index (χ3n) is 3.83. The van der Waals surface area contributed by atoms with Crippen molar-refractivity contribution in [3.05, 3.63) is 28.8 Å². The molecule has 0 radical (unpaired) electrons. The smallest absolute Gasteiger partial charge is 0.124 e. The Morgan fingerprint density at radius 2 is 2.15 bits per heavy atom. The Morgan fingerprint density at radius 3 is 2.90 bits per heavy atom. The van der Waals surface area contributed by atoms with Gasteiger partial charge in [0.2, 0.25) is 0 Å². The topological polar surface area (TPSA) is 24.5 Å². The predicted molar refractivity (Wildman–Crippen MR) is 84.7 cm³/mol. The van der Waals surface area contributed by atoms with Crippen LogP contribution in [0.2, 0.25) is 5.02 Å². The first kappa shape index (κ1) is 15.6. The van der Waals surface area contributed by atoms with E-state index in [0.29, 0.717) is 12.6 Å². The molecule has 0 aliphatic carbocycles. The second-order valence-electron chi connectivity index (χ2n) is 5.18. The lowest BCUT2D eigenvalue weighted by Gasteiger charge is -2.31. The lowest BCUT2D eigenvalue weighted by molar-refractivity contribution is 0.199. The van der Waals surface area contributed by atoms with Gasteiger partial charge in [0, 0.05) is 36.3 Å². The van der Waals surface area contributed by atoms with E-state index in [4.69, 9.17) is 16.3 Å². The molecule has 1 aromatic rings. The van der Waals surface area contributed by atoms with Crippen LogP contribution in [0.25, 0.3) is 0 Å². The molecule has 0 bridgehead atoms. The minimum Gasteiger partial charge on any atom is -0.494 e. The highest BCUT2D eigenvalue weighted by Crippen LogP contribution is 2.34. The number of rotatable bonds is 5. The molecule has 1 N–H and O–H groups in total. The maximum absolute atomic E-state index is 6.20. The van der Waals surface area contributed by atoms with Crippen LogP contribution in [0.3, 0.4) is 0 Å². The van der Waals surface area contributed by atoms with Gasteiger partial charge in [0.25, 0.3) is 0 Å². The summed E-state index contributed by atoms with van der Waals surface area (Å²) in [5.41, 5.74) is 1.23. The summed E-state index contributed by atoms with van der Waals surface area (Å²) in [7, 11) is 0.